The molecule has 1 aliphatic carbocycles. The van der Waals surface area contributed by atoms with Crippen LogP contribution < -0.4 is 19.5 Å². The van der Waals surface area contributed by atoms with E-state index in [0.717, 1.165) is 78.6 Å². The summed E-state index contributed by atoms with van der Waals surface area (Å²) in [6.07, 6.45) is 1.85. The number of rotatable bonds is 0. The number of nitrogens with one attached hydrogen (secondary N) is 1. The maximum Gasteiger partial charge on any atom is 0.142 e. The van der Waals surface area contributed by atoms with Crippen LogP contribution in [0.3, 0.4) is 0 Å². The van der Waals surface area contributed by atoms with Crippen LogP contribution in [0.25, 0.3) is 0 Å². The summed E-state index contributed by atoms with van der Waals surface area (Å²) >= 11 is 0. The van der Waals surface area contributed by atoms with Crippen molar-refractivity contribution < 1.29 is 24.4 Å². The molecule has 0 saturated heterocycles. The molecule has 0 atom stereocenters. The third-order valence-corrected chi connectivity index (χ3v) is 12.1. The van der Waals surface area contributed by atoms with Gasteiger partial charge in [0.05, 0.1) is 5.69 Å². The highest BCUT2D eigenvalue weighted by molar-refractivity contribution is 5.60. The molecule has 8 rings (SSSR count). The predicted octanol–water partition coefficient (Wildman–Crippen LogP) is 12.2. The van der Waals surface area contributed by atoms with Crippen molar-refractivity contribution in [2.45, 2.75) is 130 Å². The molecule has 0 radical (unpaired) electrons. The van der Waals surface area contributed by atoms with Crippen LogP contribution in [0, 0.1) is 0 Å². The molecular formula is C54H67NO5. The first-order valence-corrected chi connectivity index (χ1v) is 21.8. The quantitative estimate of drug-likeness (QED) is 0.142. The van der Waals surface area contributed by atoms with Gasteiger partial charge in [0.2, 0.25) is 0 Å². The van der Waals surface area contributed by atoms with Crippen molar-refractivity contribution in [1.82, 2.24) is 0 Å². The third-order valence-electron chi connectivity index (χ3n) is 12.1. The maximum atomic E-state index is 12.5. The minimum atomic E-state index is -0.181. The van der Waals surface area contributed by atoms with Gasteiger partial charge in [0.25, 0.3) is 0 Å². The average Bonchev–Trinajstić information content (AvgIpc) is 3.14. The Bertz CT molecular complexity index is 2130. The largest absolute Gasteiger partial charge is 0.507 e. The van der Waals surface area contributed by atoms with Gasteiger partial charge in [-0.1, -0.05) is 144 Å². The molecule has 3 N–H and O–H groups in total. The van der Waals surface area contributed by atoms with E-state index in [1.165, 1.54) is 11.1 Å². The SMILES string of the molecule is CC(C)(C)c1cc2c(O)c(c1)Cc1cc(C(C)(C)C)cc3c1OCCOc1ccccc1NCCOc1c(cc(C(C)(C)C)cc1Cc1cc(C(C)(C)C)cc(c1O)C3)C2. The Kier molecular flexibility index (Phi) is 11.5. The summed E-state index contributed by atoms with van der Waals surface area (Å²) in [7, 11) is 0. The second kappa shape index (κ2) is 16.1. The van der Waals surface area contributed by atoms with Crippen molar-refractivity contribution in [2.24, 2.45) is 0 Å². The fourth-order valence-corrected chi connectivity index (χ4v) is 8.39. The summed E-state index contributed by atoms with van der Waals surface area (Å²) in [6.45, 7) is 28.4. The molecule has 6 nitrogen and oxygen atoms in total. The fraction of sp³-hybridized carbons (Fsp3) is 0.444. The van der Waals surface area contributed by atoms with E-state index in [-0.39, 0.29) is 21.7 Å². The molecule has 5 aromatic carbocycles. The van der Waals surface area contributed by atoms with E-state index in [0.29, 0.717) is 63.5 Å². The van der Waals surface area contributed by atoms with Crippen LogP contribution in [-0.2, 0) is 47.3 Å². The van der Waals surface area contributed by atoms with E-state index in [1.54, 1.807) is 0 Å². The third kappa shape index (κ3) is 9.28. The first kappa shape index (κ1) is 43.0. The molecule has 10 bridgehead atoms. The Labute approximate surface area is 359 Å². The molecule has 3 aliphatic rings. The first-order chi connectivity index (χ1) is 28.1. The Morgan fingerprint density at radius 2 is 0.733 bits per heavy atom. The van der Waals surface area contributed by atoms with Crippen LogP contribution in [0.4, 0.5) is 5.69 Å². The molecule has 0 unspecified atom stereocenters. The lowest BCUT2D eigenvalue weighted by Crippen LogP contribution is -2.17. The van der Waals surface area contributed by atoms with Crippen LogP contribution in [0.1, 0.15) is 150 Å². The van der Waals surface area contributed by atoms with E-state index < -0.39 is 0 Å². The normalized spacial score (nSPS) is 15.1. The second-order valence-corrected chi connectivity index (χ2v) is 21.2. The number of ether oxygens (including phenoxy) is 3. The molecule has 0 aromatic heterocycles. The summed E-state index contributed by atoms with van der Waals surface area (Å²) in [5.41, 5.74) is 12.3. The summed E-state index contributed by atoms with van der Waals surface area (Å²) in [5.74, 6) is 2.91. The summed E-state index contributed by atoms with van der Waals surface area (Å²) in [6, 6.07) is 25.8. The lowest BCUT2D eigenvalue weighted by molar-refractivity contribution is 0.215. The highest BCUT2D eigenvalue weighted by atomic mass is 16.5. The number of fused-ring (bicyclic) bond motifs is 6. The highest BCUT2D eigenvalue weighted by Crippen LogP contribution is 2.44. The monoisotopic (exact) mass is 810 g/mol. The summed E-state index contributed by atoms with van der Waals surface area (Å²) < 4.78 is 20.2. The number of hydrogen-bond donors (Lipinski definition) is 3. The molecule has 2 aliphatic heterocycles. The van der Waals surface area contributed by atoms with E-state index >= 15 is 0 Å². The van der Waals surface area contributed by atoms with Crippen LogP contribution in [0.15, 0.2) is 72.8 Å². The van der Waals surface area contributed by atoms with Gasteiger partial charge in [-0.3, -0.25) is 0 Å². The predicted molar refractivity (Wildman–Crippen MR) is 247 cm³/mol. The van der Waals surface area contributed by atoms with E-state index in [9.17, 15) is 10.2 Å². The van der Waals surface area contributed by atoms with E-state index in [1.807, 2.05) is 24.3 Å². The standard InChI is InChI=1S/C54H67NO5/c1-51(2,3)41-25-33-21-37-29-43(53(7,8)9)30-38-22-34-26-42(52(4,5)6)28-36(48(34)57)24-40-32-44(54(10,11)12)31-39(23-35(27-41)47(33)56)50(40)60-20-19-58-46-16-14-13-15-45(46)55-17-18-59-49(37)38/h13-16,25-32,55-57H,17-24H2,1-12H3. The Morgan fingerprint density at radius 3 is 1.10 bits per heavy atom. The minimum Gasteiger partial charge on any atom is -0.507 e. The van der Waals surface area contributed by atoms with Gasteiger partial charge >= 0.3 is 0 Å². The van der Waals surface area contributed by atoms with Crippen LogP contribution >= 0.6 is 0 Å². The number of benzene rings is 5. The molecule has 6 heteroatoms. The van der Waals surface area contributed by atoms with Crippen molar-refractivity contribution in [3.63, 3.8) is 0 Å². The number of aromatic hydroxyl groups is 2. The molecule has 0 fully saturated rings. The Balaban J connectivity index is 1.59. The van der Waals surface area contributed by atoms with Gasteiger partial charge in [0, 0.05) is 32.2 Å². The maximum absolute atomic E-state index is 12.5. The van der Waals surface area contributed by atoms with Gasteiger partial charge < -0.3 is 29.7 Å². The number of phenolic OH excluding ortho intramolecular Hbond substituents is 2. The van der Waals surface area contributed by atoms with E-state index in [4.69, 9.17) is 14.2 Å². The van der Waals surface area contributed by atoms with Crippen LogP contribution in [-0.4, -0.2) is 36.6 Å². The highest BCUT2D eigenvalue weighted by Gasteiger charge is 2.28. The average molecular weight is 810 g/mol. The second-order valence-electron chi connectivity index (χ2n) is 21.2. The lowest BCUT2D eigenvalue weighted by atomic mass is 9.79. The van der Waals surface area contributed by atoms with Gasteiger partial charge in [0.15, 0.2) is 0 Å². The summed E-state index contributed by atoms with van der Waals surface area (Å²) in [4.78, 5) is 0. The molecule has 0 saturated carbocycles. The molecule has 2 heterocycles. The molecule has 5 aromatic rings. The summed E-state index contributed by atoms with van der Waals surface area (Å²) in [5, 5.41) is 28.5. The van der Waals surface area contributed by atoms with Crippen molar-refractivity contribution >= 4 is 5.69 Å². The molecule has 60 heavy (non-hydrogen) atoms. The zero-order chi connectivity index (χ0) is 43.4. The van der Waals surface area contributed by atoms with Crippen molar-refractivity contribution in [2.75, 3.05) is 31.7 Å². The molecule has 0 amide bonds. The van der Waals surface area contributed by atoms with Gasteiger partial charge in [-0.25, -0.2) is 0 Å². The van der Waals surface area contributed by atoms with Crippen molar-refractivity contribution in [1.29, 1.82) is 0 Å². The van der Waals surface area contributed by atoms with Gasteiger partial charge in [0.1, 0.15) is 48.6 Å². The fourth-order valence-electron chi connectivity index (χ4n) is 8.39. The number of phenols is 2. The van der Waals surface area contributed by atoms with Gasteiger partial charge in [-0.2, -0.15) is 0 Å². The number of anilines is 1. The molecule has 318 valence electrons. The lowest BCUT2D eigenvalue weighted by Gasteiger charge is -2.28. The smallest absolute Gasteiger partial charge is 0.142 e. The van der Waals surface area contributed by atoms with E-state index in [2.05, 4.69) is 137 Å². The van der Waals surface area contributed by atoms with Crippen LogP contribution in [0.5, 0.6) is 28.7 Å². The zero-order valence-corrected chi connectivity index (χ0v) is 38.2. The molecular weight excluding hydrogens is 743 g/mol. The molecule has 0 spiro atoms. The van der Waals surface area contributed by atoms with Gasteiger partial charge in [-0.15, -0.1) is 0 Å². The van der Waals surface area contributed by atoms with Gasteiger partial charge in [-0.05, 0) is 101 Å². The number of para-hydroxylation sites is 2. The van der Waals surface area contributed by atoms with Crippen molar-refractivity contribution in [3.8, 4) is 28.7 Å². The van der Waals surface area contributed by atoms with Crippen molar-refractivity contribution in [3.05, 3.63) is 140 Å². The Hall–Kier alpha value is -5.10. The minimum absolute atomic E-state index is 0.175. The number of hydrogen-bond acceptors (Lipinski definition) is 6. The first-order valence-electron chi connectivity index (χ1n) is 21.8. The zero-order valence-electron chi connectivity index (χ0n) is 38.2. The topological polar surface area (TPSA) is 80.2 Å². The van der Waals surface area contributed by atoms with Crippen LogP contribution in [0.2, 0.25) is 0 Å². The Morgan fingerprint density at radius 1 is 0.417 bits per heavy atom.